The molecule has 0 fully saturated rings. The van der Waals surface area contributed by atoms with E-state index in [2.05, 4.69) is 27.6 Å². The lowest BCUT2D eigenvalue weighted by Gasteiger charge is -2.03. The molecule has 3 rings (SSSR count). The zero-order chi connectivity index (χ0) is 14.8. The van der Waals surface area contributed by atoms with Gasteiger partial charge in [0.2, 0.25) is 5.95 Å². The number of aromatic nitrogens is 3. The van der Waals surface area contributed by atoms with Crippen molar-refractivity contribution in [2.75, 3.05) is 12.3 Å². The molecule has 2 N–H and O–H groups in total. The summed E-state index contributed by atoms with van der Waals surface area (Å²) in [6.07, 6.45) is 0.617. The van der Waals surface area contributed by atoms with E-state index in [0.717, 1.165) is 5.01 Å². The summed E-state index contributed by atoms with van der Waals surface area (Å²) >= 11 is 5.67. The molecule has 0 amide bonds. The number of hydrogen-bond donors (Lipinski definition) is 2. The summed E-state index contributed by atoms with van der Waals surface area (Å²) in [5.41, 5.74) is 6.22. The number of fused-ring (bicyclic) bond motifs is 1. The lowest BCUT2D eigenvalue weighted by atomic mass is 10.3. The molecule has 0 aliphatic rings. The van der Waals surface area contributed by atoms with Gasteiger partial charge in [-0.25, -0.2) is 19.3 Å². The fourth-order valence-electron chi connectivity index (χ4n) is 1.76. The molecule has 2 aromatic heterocycles. The predicted molar refractivity (Wildman–Crippen MR) is 82.5 cm³/mol. The summed E-state index contributed by atoms with van der Waals surface area (Å²) in [7, 11) is 0. The van der Waals surface area contributed by atoms with Gasteiger partial charge in [-0.05, 0) is 24.3 Å². The fraction of sp³-hybridized carbons (Fsp3) is 0.154. The maximum absolute atomic E-state index is 12.8. The van der Waals surface area contributed by atoms with Crippen LogP contribution in [0.25, 0.3) is 10.3 Å². The van der Waals surface area contributed by atoms with E-state index in [-0.39, 0.29) is 11.8 Å². The van der Waals surface area contributed by atoms with Crippen molar-refractivity contribution in [1.82, 2.24) is 15.0 Å². The second kappa shape index (κ2) is 5.82. The van der Waals surface area contributed by atoms with Crippen molar-refractivity contribution in [3.05, 3.63) is 35.1 Å². The number of nitrogens with two attached hydrogens (primary N) is 1. The van der Waals surface area contributed by atoms with Gasteiger partial charge in [0.05, 0.1) is 11.6 Å². The van der Waals surface area contributed by atoms with Gasteiger partial charge < -0.3 is 10.5 Å². The molecule has 0 radical (unpaired) electrons. The fourth-order valence-corrected chi connectivity index (χ4v) is 3.02. The number of nitrogen functional groups attached to an aromatic ring is 1. The highest BCUT2D eigenvalue weighted by molar-refractivity contribution is 7.80. The van der Waals surface area contributed by atoms with Gasteiger partial charge in [0.15, 0.2) is 0 Å². The van der Waals surface area contributed by atoms with Gasteiger partial charge in [-0.15, -0.1) is 12.6 Å². The Balaban J connectivity index is 1.68. The Morgan fingerprint density at radius 2 is 1.95 bits per heavy atom. The SMILES string of the molecule is Nc1nc(S)c2nc(CCOc3ccc(F)cc3)sc2n1. The Hall–Kier alpha value is -1.93. The highest BCUT2D eigenvalue weighted by atomic mass is 32.1. The minimum atomic E-state index is -0.286. The molecule has 0 unspecified atom stereocenters. The average Bonchev–Trinajstić information content (AvgIpc) is 2.84. The van der Waals surface area contributed by atoms with E-state index >= 15 is 0 Å². The number of rotatable bonds is 4. The van der Waals surface area contributed by atoms with Gasteiger partial charge in [-0.2, -0.15) is 0 Å². The molecule has 0 spiro atoms. The van der Waals surface area contributed by atoms with Crippen LogP contribution in [0.5, 0.6) is 5.75 Å². The topological polar surface area (TPSA) is 73.9 Å². The van der Waals surface area contributed by atoms with Crippen LogP contribution in [0.3, 0.4) is 0 Å². The Kier molecular flexibility index (Phi) is 3.89. The molecule has 0 saturated heterocycles. The zero-order valence-electron chi connectivity index (χ0n) is 10.8. The molecule has 21 heavy (non-hydrogen) atoms. The van der Waals surface area contributed by atoms with Crippen LogP contribution in [0.15, 0.2) is 29.3 Å². The molecule has 1 aromatic carbocycles. The molecular formula is C13H11FN4OS2. The second-order valence-electron chi connectivity index (χ2n) is 4.22. The van der Waals surface area contributed by atoms with E-state index in [0.29, 0.717) is 34.2 Å². The average molecular weight is 322 g/mol. The van der Waals surface area contributed by atoms with Crippen molar-refractivity contribution in [3.8, 4) is 5.75 Å². The molecule has 108 valence electrons. The van der Waals surface area contributed by atoms with E-state index in [1.807, 2.05) is 0 Å². The summed E-state index contributed by atoms with van der Waals surface area (Å²) in [4.78, 5) is 13.2. The molecule has 0 aliphatic heterocycles. The van der Waals surface area contributed by atoms with Crippen molar-refractivity contribution in [1.29, 1.82) is 0 Å². The standard InChI is InChI=1S/C13H11FN4OS2/c14-7-1-3-8(4-2-7)19-6-5-9-16-10-11(20)17-13(15)18-12(10)21-9/h1-4H,5-6H2,(H3,15,17,18,20). The maximum Gasteiger partial charge on any atom is 0.222 e. The van der Waals surface area contributed by atoms with Gasteiger partial charge in [-0.1, -0.05) is 11.3 Å². The Morgan fingerprint density at radius 3 is 2.71 bits per heavy atom. The number of halogens is 1. The van der Waals surface area contributed by atoms with Gasteiger partial charge >= 0.3 is 0 Å². The summed E-state index contributed by atoms with van der Waals surface area (Å²) in [5, 5.41) is 1.33. The smallest absolute Gasteiger partial charge is 0.222 e. The first-order valence-electron chi connectivity index (χ1n) is 6.12. The minimum Gasteiger partial charge on any atom is -0.493 e. The Labute approximate surface area is 129 Å². The van der Waals surface area contributed by atoms with Crippen LogP contribution < -0.4 is 10.5 Å². The monoisotopic (exact) mass is 322 g/mol. The first-order valence-corrected chi connectivity index (χ1v) is 7.38. The molecule has 8 heteroatoms. The third kappa shape index (κ3) is 3.22. The van der Waals surface area contributed by atoms with E-state index in [9.17, 15) is 4.39 Å². The lowest BCUT2D eigenvalue weighted by molar-refractivity contribution is 0.321. The third-order valence-corrected chi connectivity index (χ3v) is 4.02. The van der Waals surface area contributed by atoms with Crippen molar-refractivity contribution >= 4 is 40.3 Å². The number of nitrogens with zero attached hydrogens (tertiary/aromatic N) is 3. The third-order valence-electron chi connectivity index (χ3n) is 2.70. The summed E-state index contributed by atoms with van der Waals surface area (Å²) in [6.45, 7) is 0.441. The number of hydrogen-bond acceptors (Lipinski definition) is 7. The van der Waals surface area contributed by atoms with Crippen LogP contribution in [0.1, 0.15) is 5.01 Å². The van der Waals surface area contributed by atoms with Crippen LogP contribution in [-0.4, -0.2) is 21.6 Å². The van der Waals surface area contributed by atoms with E-state index in [1.54, 1.807) is 12.1 Å². The van der Waals surface area contributed by atoms with Crippen molar-refractivity contribution in [2.45, 2.75) is 11.4 Å². The Bertz CT molecular complexity index is 776. The van der Waals surface area contributed by atoms with Crippen LogP contribution in [0, 0.1) is 5.82 Å². The van der Waals surface area contributed by atoms with Gasteiger partial charge in [0.25, 0.3) is 0 Å². The summed E-state index contributed by atoms with van der Waals surface area (Å²) in [6, 6.07) is 5.90. The minimum absolute atomic E-state index is 0.185. The highest BCUT2D eigenvalue weighted by Gasteiger charge is 2.10. The number of thiol groups is 1. The van der Waals surface area contributed by atoms with Crippen LogP contribution in [0.2, 0.25) is 0 Å². The second-order valence-corrected chi connectivity index (χ2v) is 5.70. The number of benzene rings is 1. The molecule has 5 nitrogen and oxygen atoms in total. The zero-order valence-corrected chi connectivity index (χ0v) is 12.5. The molecular weight excluding hydrogens is 311 g/mol. The first kappa shape index (κ1) is 14.0. The van der Waals surface area contributed by atoms with E-state index in [1.165, 1.54) is 23.5 Å². The number of anilines is 1. The molecule has 3 aromatic rings. The van der Waals surface area contributed by atoms with E-state index < -0.39 is 0 Å². The number of thiazole rings is 1. The van der Waals surface area contributed by atoms with Crippen LogP contribution >= 0.6 is 24.0 Å². The lowest BCUT2D eigenvalue weighted by Crippen LogP contribution is -2.00. The molecule has 0 atom stereocenters. The molecule has 0 saturated carbocycles. The van der Waals surface area contributed by atoms with E-state index in [4.69, 9.17) is 10.5 Å². The predicted octanol–water partition coefficient (Wildman–Crippen LogP) is 2.72. The quantitative estimate of drug-likeness (QED) is 0.571. The van der Waals surface area contributed by atoms with Gasteiger partial charge in [-0.3, -0.25) is 0 Å². The Morgan fingerprint density at radius 1 is 1.19 bits per heavy atom. The van der Waals surface area contributed by atoms with Gasteiger partial charge in [0, 0.05) is 6.42 Å². The van der Waals surface area contributed by atoms with Crippen molar-refractivity contribution in [3.63, 3.8) is 0 Å². The van der Waals surface area contributed by atoms with Crippen molar-refractivity contribution in [2.24, 2.45) is 0 Å². The van der Waals surface area contributed by atoms with Crippen LogP contribution in [-0.2, 0) is 6.42 Å². The normalized spacial score (nSPS) is 11.0. The highest BCUT2D eigenvalue weighted by Crippen LogP contribution is 2.25. The van der Waals surface area contributed by atoms with Gasteiger partial charge in [0.1, 0.15) is 26.9 Å². The summed E-state index contributed by atoms with van der Waals surface area (Å²) < 4.78 is 18.3. The molecule has 0 bridgehead atoms. The van der Waals surface area contributed by atoms with Crippen LogP contribution in [0.4, 0.5) is 10.3 Å². The largest absolute Gasteiger partial charge is 0.493 e. The molecule has 2 heterocycles. The number of ether oxygens (including phenoxy) is 1. The first-order chi connectivity index (χ1) is 10.1. The maximum atomic E-state index is 12.8. The van der Waals surface area contributed by atoms with Crippen molar-refractivity contribution < 1.29 is 9.13 Å². The summed E-state index contributed by atoms with van der Waals surface area (Å²) in [5.74, 6) is 0.521. The molecule has 0 aliphatic carbocycles.